The summed E-state index contributed by atoms with van der Waals surface area (Å²) in [6.07, 6.45) is 4.19. The minimum Gasteiger partial charge on any atom is -0.375 e. The molecular weight excluding hydrogens is 310 g/mol. The minimum atomic E-state index is 0.0444. The van der Waals surface area contributed by atoms with Gasteiger partial charge in [0.05, 0.1) is 15.8 Å². The van der Waals surface area contributed by atoms with Crippen molar-refractivity contribution in [1.82, 2.24) is 9.88 Å². The maximum atomic E-state index is 12.8. The molecule has 1 spiro atoms. The molecule has 2 N–H and O–H groups in total. The maximum absolute atomic E-state index is 12.8. The van der Waals surface area contributed by atoms with Gasteiger partial charge in [-0.3, -0.25) is 4.79 Å². The summed E-state index contributed by atoms with van der Waals surface area (Å²) in [7, 11) is 0. The van der Waals surface area contributed by atoms with E-state index in [0.717, 1.165) is 66.7 Å². The van der Waals surface area contributed by atoms with Gasteiger partial charge in [0, 0.05) is 25.3 Å². The number of nitrogens with two attached hydrogens (primary N) is 1. The zero-order chi connectivity index (χ0) is 16.0. The molecule has 4 rings (SSSR count). The molecule has 0 saturated carbocycles. The molecule has 2 aliphatic heterocycles. The highest BCUT2D eigenvalue weighted by Gasteiger charge is 2.39. The number of anilines is 1. The van der Waals surface area contributed by atoms with Crippen molar-refractivity contribution in [3.8, 4) is 0 Å². The highest BCUT2D eigenvalue weighted by atomic mass is 32.1. The summed E-state index contributed by atoms with van der Waals surface area (Å²) in [5.41, 5.74) is 8.48. The lowest BCUT2D eigenvalue weighted by molar-refractivity contribution is -0.0387. The number of benzene rings is 1. The van der Waals surface area contributed by atoms with Crippen LogP contribution in [0.2, 0.25) is 0 Å². The molecule has 6 heteroatoms. The number of aromatic nitrogens is 1. The molecule has 0 unspecified atom stereocenters. The van der Waals surface area contributed by atoms with E-state index in [2.05, 4.69) is 4.98 Å². The second kappa shape index (κ2) is 5.46. The summed E-state index contributed by atoms with van der Waals surface area (Å²) in [5.74, 6) is 0.106. The lowest BCUT2D eigenvalue weighted by Crippen LogP contribution is -2.46. The topological polar surface area (TPSA) is 68.5 Å². The van der Waals surface area contributed by atoms with Crippen LogP contribution in [0.1, 0.15) is 41.6 Å². The molecular formula is C17H21N3O2S. The van der Waals surface area contributed by atoms with Crippen molar-refractivity contribution < 1.29 is 9.53 Å². The molecule has 3 heterocycles. The van der Waals surface area contributed by atoms with Gasteiger partial charge in [0.15, 0.2) is 5.13 Å². The molecule has 1 aromatic carbocycles. The number of amides is 1. The summed E-state index contributed by atoms with van der Waals surface area (Å²) >= 11 is 1.44. The highest BCUT2D eigenvalue weighted by Crippen LogP contribution is 2.36. The molecule has 0 aliphatic carbocycles. The van der Waals surface area contributed by atoms with Gasteiger partial charge < -0.3 is 15.4 Å². The quantitative estimate of drug-likeness (QED) is 0.872. The van der Waals surface area contributed by atoms with Crippen LogP contribution in [0.5, 0.6) is 0 Å². The number of aryl methyl sites for hydroxylation is 1. The van der Waals surface area contributed by atoms with Gasteiger partial charge in [-0.2, -0.15) is 0 Å². The lowest BCUT2D eigenvalue weighted by atomic mass is 9.88. The summed E-state index contributed by atoms with van der Waals surface area (Å²) in [5, 5.41) is 0.547. The van der Waals surface area contributed by atoms with Crippen molar-refractivity contribution in [2.24, 2.45) is 0 Å². The number of piperidine rings is 1. The van der Waals surface area contributed by atoms with Gasteiger partial charge in [-0.25, -0.2) is 4.98 Å². The smallest absolute Gasteiger partial charge is 0.253 e. The van der Waals surface area contributed by atoms with E-state index in [1.807, 2.05) is 24.0 Å². The molecule has 2 saturated heterocycles. The highest BCUT2D eigenvalue weighted by molar-refractivity contribution is 7.22. The molecule has 1 amide bonds. The van der Waals surface area contributed by atoms with Crippen LogP contribution in [-0.4, -0.2) is 41.1 Å². The first kappa shape index (κ1) is 14.9. The molecule has 5 nitrogen and oxygen atoms in total. The maximum Gasteiger partial charge on any atom is 0.253 e. The van der Waals surface area contributed by atoms with Crippen LogP contribution in [0.25, 0.3) is 10.2 Å². The summed E-state index contributed by atoms with van der Waals surface area (Å²) < 4.78 is 6.92. The molecule has 2 fully saturated rings. The van der Waals surface area contributed by atoms with E-state index < -0.39 is 0 Å². The van der Waals surface area contributed by atoms with Gasteiger partial charge in [0.1, 0.15) is 0 Å². The second-order valence-electron chi connectivity index (χ2n) is 6.62. The standard InChI is InChI=1S/C17H21N3O2S/c1-11-9-12(10-13-14(11)19-16(18)23-13)15(21)20-6-4-17(5-7-20)3-2-8-22-17/h9-10H,2-8H2,1H3,(H2,18,19). The molecule has 23 heavy (non-hydrogen) atoms. The normalized spacial score (nSPS) is 20.5. The van der Waals surface area contributed by atoms with E-state index in [9.17, 15) is 4.79 Å². The molecule has 2 aromatic rings. The fourth-order valence-corrected chi connectivity index (χ4v) is 4.64. The van der Waals surface area contributed by atoms with Gasteiger partial charge >= 0.3 is 0 Å². The Hall–Kier alpha value is -1.66. The molecule has 0 atom stereocenters. The van der Waals surface area contributed by atoms with Crippen LogP contribution in [-0.2, 0) is 4.74 Å². The van der Waals surface area contributed by atoms with Gasteiger partial charge in [-0.05, 0) is 50.3 Å². The lowest BCUT2D eigenvalue weighted by Gasteiger charge is -2.38. The number of fused-ring (bicyclic) bond motifs is 1. The first-order valence-corrected chi connectivity index (χ1v) is 8.98. The fourth-order valence-electron chi connectivity index (χ4n) is 3.79. The Morgan fingerprint density at radius 1 is 1.35 bits per heavy atom. The van der Waals surface area contributed by atoms with Crippen molar-refractivity contribution in [2.45, 2.75) is 38.2 Å². The van der Waals surface area contributed by atoms with Crippen LogP contribution >= 0.6 is 11.3 Å². The van der Waals surface area contributed by atoms with Crippen molar-refractivity contribution in [3.05, 3.63) is 23.3 Å². The van der Waals surface area contributed by atoms with Gasteiger partial charge in [-0.1, -0.05) is 11.3 Å². The van der Waals surface area contributed by atoms with Crippen LogP contribution in [0.4, 0.5) is 5.13 Å². The summed E-state index contributed by atoms with van der Waals surface area (Å²) in [4.78, 5) is 19.1. The average molecular weight is 331 g/mol. The first-order chi connectivity index (χ1) is 11.1. The Bertz CT molecular complexity index is 755. The van der Waals surface area contributed by atoms with Crippen LogP contribution in [0, 0.1) is 6.92 Å². The number of likely N-dealkylation sites (tertiary alicyclic amines) is 1. The summed E-state index contributed by atoms with van der Waals surface area (Å²) in [6.45, 7) is 4.41. The van der Waals surface area contributed by atoms with E-state index in [0.29, 0.717) is 5.13 Å². The number of carbonyl (C=O) groups is 1. The minimum absolute atomic E-state index is 0.0444. The van der Waals surface area contributed by atoms with Crippen molar-refractivity contribution in [3.63, 3.8) is 0 Å². The monoisotopic (exact) mass is 331 g/mol. The van der Waals surface area contributed by atoms with E-state index in [1.165, 1.54) is 11.3 Å². The predicted molar refractivity (Wildman–Crippen MR) is 91.8 cm³/mol. The number of rotatable bonds is 1. The van der Waals surface area contributed by atoms with Crippen molar-refractivity contribution >= 4 is 32.6 Å². The van der Waals surface area contributed by atoms with Crippen LogP contribution in [0.3, 0.4) is 0 Å². The van der Waals surface area contributed by atoms with Gasteiger partial charge in [-0.15, -0.1) is 0 Å². The third-order valence-corrected chi connectivity index (χ3v) is 5.93. The Labute approximate surface area is 139 Å². The molecule has 122 valence electrons. The van der Waals surface area contributed by atoms with E-state index in [1.54, 1.807) is 0 Å². The molecule has 1 aromatic heterocycles. The number of carbonyl (C=O) groups excluding carboxylic acids is 1. The van der Waals surface area contributed by atoms with Gasteiger partial charge in [0.2, 0.25) is 0 Å². The SMILES string of the molecule is Cc1cc(C(=O)N2CCC3(CCCO3)CC2)cc2sc(N)nc12. The fraction of sp³-hybridized carbons (Fsp3) is 0.529. The largest absolute Gasteiger partial charge is 0.375 e. The van der Waals surface area contributed by atoms with E-state index in [-0.39, 0.29) is 11.5 Å². The van der Waals surface area contributed by atoms with Crippen LogP contribution < -0.4 is 5.73 Å². The molecule has 0 radical (unpaired) electrons. The van der Waals surface area contributed by atoms with Gasteiger partial charge in [0.25, 0.3) is 5.91 Å². The summed E-state index contributed by atoms with van der Waals surface area (Å²) in [6, 6.07) is 3.86. The van der Waals surface area contributed by atoms with E-state index >= 15 is 0 Å². The van der Waals surface area contributed by atoms with Crippen molar-refractivity contribution in [2.75, 3.05) is 25.4 Å². The van der Waals surface area contributed by atoms with Crippen molar-refractivity contribution in [1.29, 1.82) is 0 Å². The Kier molecular flexibility index (Phi) is 3.54. The molecule has 0 bridgehead atoms. The Balaban J connectivity index is 1.55. The zero-order valence-electron chi connectivity index (χ0n) is 13.3. The number of thiazole rings is 1. The third-order valence-electron chi connectivity index (χ3n) is 5.10. The van der Waals surface area contributed by atoms with Crippen LogP contribution in [0.15, 0.2) is 12.1 Å². The number of ether oxygens (including phenoxy) is 1. The number of nitrogen functional groups attached to an aromatic ring is 1. The first-order valence-electron chi connectivity index (χ1n) is 8.16. The molecule has 2 aliphatic rings. The number of hydrogen-bond donors (Lipinski definition) is 1. The Morgan fingerprint density at radius 2 is 2.13 bits per heavy atom. The average Bonchev–Trinajstić information content (AvgIpc) is 3.14. The van der Waals surface area contributed by atoms with E-state index in [4.69, 9.17) is 10.5 Å². The Morgan fingerprint density at radius 3 is 2.83 bits per heavy atom. The third kappa shape index (κ3) is 2.60. The number of hydrogen-bond acceptors (Lipinski definition) is 5. The predicted octanol–water partition coefficient (Wildman–Crippen LogP) is 2.97. The second-order valence-corrected chi connectivity index (χ2v) is 7.68. The zero-order valence-corrected chi connectivity index (χ0v) is 14.1. The number of nitrogens with zero attached hydrogens (tertiary/aromatic N) is 2.